The highest BCUT2D eigenvalue weighted by Gasteiger charge is 2.09. The summed E-state index contributed by atoms with van der Waals surface area (Å²) < 4.78 is 5.66. The summed E-state index contributed by atoms with van der Waals surface area (Å²) in [6, 6.07) is 6.48. The lowest BCUT2D eigenvalue weighted by Crippen LogP contribution is -2.34. The van der Waals surface area contributed by atoms with Crippen LogP contribution >= 0.6 is 0 Å². The zero-order chi connectivity index (χ0) is 12.5. The van der Waals surface area contributed by atoms with E-state index in [1.807, 2.05) is 18.3 Å². The largest absolute Gasteiger partial charge is 0.377 e. The molecule has 1 rings (SSSR count). The van der Waals surface area contributed by atoms with Gasteiger partial charge in [-0.3, -0.25) is 4.98 Å². The Balaban J connectivity index is 2.33. The third-order valence-corrected chi connectivity index (χ3v) is 2.60. The van der Waals surface area contributed by atoms with Gasteiger partial charge in [-0.05, 0) is 45.4 Å². The van der Waals surface area contributed by atoms with E-state index in [2.05, 4.69) is 37.1 Å². The maximum Gasteiger partial charge on any atom is 0.0623 e. The number of pyridine rings is 1. The Hall–Kier alpha value is -0.930. The number of rotatable bonds is 8. The molecule has 0 saturated heterocycles. The molecule has 0 aromatic carbocycles. The van der Waals surface area contributed by atoms with Crippen molar-refractivity contribution in [2.24, 2.45) is 0 Å². The van der Waals surface area contributed by atoms with E-state index in [1.54, 1.807) is 0 Å². The number of likely N-dealkylation sites (N-methyl/N-ethyl adjacent to an activating group) is 1. The fraction of sp³-hybridized carbons (Fsp3) is 0.643. The first-order chi connectivity index (χ1) is 8.22. The lowest BCUT2D eigenvalue weighted by molar-refractivity contribution is 0.0599. The van der Waals surface area contributed by atoms with Gasteiger partial charge in [0.25, 0.3) is 0 Å². The van der Waals surface area contributed by atoms with Crippen LogP contribution in [0, 0.1) is 0 Å². The Labute approximate surface area is 105 Å². The number of nitrogens with one attached hydrogen (secondary N) is 1. The van der Waals surface area contributed by atoms with Crippen molar-refractivity contribution in [1.82, 2.24) is 10.3 Å². The Morgan fingerprint density at radius 2 is 2.18 bits per heavy atom. The van der Waals surface area contributed by atoms with Gasteiger partial charge in [-0.1, -0.05) is 13.0 Å². The molecule has 0 bridgehead atoms. The average Bonchev–Trinajstić information content (AvgIpc) is 2.34. The number of ether oxygens (including phenoxy) is 1. The summed E-state index contributed by atoms with van der Waals surface area (Å²) in [5.74, 6) is 0. The fourth-order valence-electron chi connectivity index (χ4n) is 1.71. The van der Waals surface area contributed by atoms with Crippen LogP contribution in [0.4, 0.5) is 0 Å². The smallest absolute Gasteiger partial charge is 0.0623 e. The molecule has 0 radical (unpaired) electrons. The van der Waals surface area contributed by atoms with Crippen molar-refractivity contribution in [3.63, 3.8) is 0 Å². The van der Waals surface area contributed by atoms with Crippen LogP contribution in [-0.4, -0.2) is 30.3 Å². The molecule has 17 heavy (non-hydrogen) atoms. The number of aryl methyl sites for hydroxylation is 1. The fourth-order valence-corrected chi connectivity index (χ4v) is 1.71. The molecule has 1 N–H and O–H groups in total. The number of nitrogens with zero attached hydrogens (tertiary/aromatic N) is 1. The highest BCUT2D eigenvalue weighted by Crippen LogP contribution is 2.03. The van der Waals surface area contributed by atoms with Gasteiger partial charge in [0.1, 0.15) is 0 Å². The van der Waals surface area contributed by atoms with Crippen LogP contribution in [0.5, 0.6) is 0 Å². The van der Waals surface area contributed by atoms with Crippen LogP contribution in [0.3, 0.4) is 0 Å². The monoisotopic (exact) mass is 236 g/mol. The minimum absolute atomic E-state index is 0.297. The van der Waals surface area contributed by atoms with Crippen molar-refractivity contribution in [2.45, 2.75) is 45.8 Å². The topological polar surface area (TPSA) is 34.2 Å². The third-order valence-electron chi connectivity index (χ3n) is 2.60. The summed E-state index contributed by atoms with van der Waals surface area (Å²) in [5.41, 5.74) is 1.15. The van der Waals surface area contributed by atoms with E-state index in [9.17, 15) is 0 Å². The second-order valence-electron chi connectivity index (χ2n) is 4.50. The van der Waals surface area contributed by atoms with Crippen molar-refractivity contribution in [3.05, 3.63) is 30.1 Å². The average molecular weight is 236 g/mol. The minimum Gasteiger partial charge on any atom is -0.377 e. The van der Waals surface area contributed by atoms with E-state index in [0.29, 0.717) is 12.1 Å². The van der Waals surface area contributed by atoms with Gasteiger partial charge in [0, 0.05) is 17.9 Å². The van der Waals surface area contributed by atoms with Crippen LogP contribution in [0.2, 0.25) is 0 Å². The molecule has 0 fully saturated rings. The van der Waals surface area contributed by atoms with Gasteiger partial charge in [0.05, 0.1) is 12.7 Å². The van der Waals surface area contributed by atoms with Crippen LogP contribution in [0.15, 0.2) is 24.4 Å². The Bertz CT molecular complexity index is 288. The summed E-state index contributed by atoms with van der Waals surface area (Å²) in [6.45, 7) is 8.03. The maximum absolute atomic E-state index is 5.66. The molecule has 1 unspecified atom stereocenters. The first kappa shape index (κ1) is 14.1. The maximum atomic E-state index is 5.66. The molecule has 1 aromatic heterocycles. The molecule has 1 atom stereocenters. The second-order valence-corrected chi connectivity index (χ2v) is 4.50. The molecule has 0 aliphatic carbocycles. The Kier molecular flexibility index (Phi) is 6.82. The van der Waals surface area contributed by atoms with Gasteiger partial charge in [-0.2, -0.15) is 0 Å². The Morgan fingerprint density at radius 3 is 2.76 bits per heavy atom. The first-order valence-electron chi connectivity index (χ1n) is 6.47. The van der Waals surface area contributed by atoms with E-state index in [-0.39, 0.29) is 0 Å². The summed E-state index contributed by atoms with van der Waals surface area (Å²) in [4.78, 5) is 4.34. The number of hydrogen-bond donors (Lipinski definition) is 1. The van der Waals surface area contributed by atoms with E-state index in [0.717, 1.165) is 31.7 Å². The number of hydrogen-bond acceptors (Lipinski definition) is 3. The highest BCUT2D eigenvalue weighted by molar-refractivity contribution is 5.03. The molecular weight excluding hydrogens is 212 g/mol. The molecule has 0 spiro atoms. The van der Waals surface area contributed by atoms with Crippen molar-refractivity contribution < 1.29 is 4.74 Å². The zero-order valence-electron chi connectivity index (χ0n) is 11.1. The number of aromatic nitrogens is 1. The van der Waals surface area contributed by atoms with Gasteiger partial charge in [0.15, 0.2) is 0 Å². The lowest BCUT2D eigenvalue weighted by Gasteiger charge is -2.19. The quantitative estimate of drug-likeness (QED) is 0.752. The van der Waals surface area contributed by atoms with Crippen molar-refractivity contribution in [2.75, 3.05) is 13.2 Å². The molecule has 0 saturated carbocycles. The summed E-state index contributed by atoms with van der Waals surface area (Å²) in [7, 11) is 0. The Morgan fingerprint density at radius 1 is 1.35 bits per heavy atom. The normalized spacial score (nSPS) is 12.9. The SMILES string of the molecule is CCNC(CCc1ccccn1)COC(C)C. The van der Waals surface area contributed by atoms with Gasteiger partial charge >= 0.3 is 0 Å². The molecule has 1 heterocycles. The van der Waals surface area contributed by atoms with Crippen molar-refractivity contribution in [3.8, 4) is 0 Å². The predicted octanol–water partition coefficient (Wildman–Crippen LogP) is 2.42. The second kappa shape index (κ2) is 8.20. The highest BCUT2D eigenvalue weighted by atomic mass is 16.5. The van der Waals surface area contributed by atoms with Crippen LogP contribution < -0.4 is 5.32 Å². The van der Waals surface area contributed by atoms with Gasteiger partial charge in [0.2, 0.25) is 0 Å². The molecule has 0 aliphatic rings. The third kappa shape index (κ3) is 6.39. The standard InChI is InChI=1S/C14H24N2O/c1-4-15-14(11-17-12(2)3)9-8-13-7-5-6-10-16-13/h5-7,10,12,14-15H,4,8-9,11H2,1-3H3. The summed E-state index contributed by atoms with van der Waals surface area (Å²) in [6.07, 6.45) is 4.21. The molecule has 3 nitrogen and oxygen atoms in total. The molecule has 1 aromatic rings. The van der Waals surface area contributed by atoms with E-state index in [4.69, 9.17) is 4.74 Å². The van der Waals surface area contributed by atoms with E-state index >= 15 is 0 Å². The summed E-state index contributed by atoms with van der Waals surface area (Å²) in [5, 5.41) is 3.46. The van der Waals surface area contributed by atoms with Gasteiger partial charge in [-0.25, -0.2) is 0 Å². The molecule has 96 valence electrons. The predicted molar refractivity (Wildman–Crippen MR) is 71.1 cm³/mol. The molecule has 3 heteroatoms. The first-order valence-corrected chi connectivity index (χ1v) is 6.47. The van der Waals surface area contributed by atoms with Gasteiger partial charge < -0.3 is 10.1 Å². The van der Waals surface area contributed by atoms with Crippen molar-refractivity contribution in [1.29, 1.82) is 0 Å². The zero-order valence-corrected chi connectivity index (χ0v) is 11.1. The van der Waals surface area contributed by atoms with E-state index < -0.39 is 0 Å². The van der Waals surface area contributed by atoms with Crippen LogP contribution in [0.1, 0.15) is 32.9 Å². The van der Waals surface area contributed by atoms with Crippen molar-refractivity contribution >= 4 is 0 Å². The minimum atomic E-state index is 0.297. The lowest BCUT2D eigenvalue weighted by atomic mass is 10.1. The molecular formula is C14H24N2O. The molecule has 0 aliphatic heterocycles. The molecule has 0 amide bonds. The van der Waals surface area contributed by atoms with Crippen LogP contribution in [-0.2, 0) is 11.2 Å². The summed E-state index contributed by atoms with van der Waals surface area (Å²) >= 11 is 0. The van der Waals surface area contributed by atoms with Crippen LogP contribution in [0.25, 0.3) is 0 Å². The van der Waals surface area contributed by atoms with E-state index in [1.165, 1.54) is 0 Å². The van der Waals surface area contributed by atoms with Gasteiger partial charge in [-0.15, -0.1) is 0 Å².